The average molecular weight is 392 g/mol. The molecule has 2 aromatic rings. The Morgan fingerprint density at radius 2 is 1.58 bits per heavy atom. The van der Waals surface area contributed by atoms with Crippen LogP contribution in [-0.2, 0) is 9.59 Å². The van der Waals surface area contributed by atoms with Crippen LogP contribution in [0.15, 0.2) is 42.5 Å². The molecule has 0 aromatic heterocycles. The minimum atomic E-state index is -0.458. The largest absolute Gasteiger partial charge is 0.372 e. The highest BCUT2D eigenvalue weighted by atomic mass is 35.5. The first-order valence-electron chi connectivity index (χ1n) is 8.41. The molecule has 7 heteroatoms. The summed E-state index contributed by atoms with van der Waals surface area (Å²) in [7, 11) is 0. The molecular weight excluding hydrogens is 373 g/mol. The molecule has 1 fully saturated rings. The third kappa shape index (κ3) is 4.68. The number of amides is 2. The third-order valence-electron chi connectivity index (χ3n) is 4.17. The molecule has 1 aliphatic rings. The zero-order valence-corrected chi connectivity index (χ0v) is 15.6. The van der Waals surface area contributed by atoms with Gasteiger partial charge in [-0.1, -0.05) is 29.3 Å². The molecule has 2 N–H and O–H groups in total. The van der Waals surface area contributed by atoms with E-state index < -0.39 is 11.8 Å². The Morgan fingerprint density at radius 3 is 2.27 bits per heavy atom. The number of hydrogen-bond donors (Lipinski definition) is 2. The zero-order chi connectivity index (χ0) is 18.5. The average Bonchev–Trinajstić information content (AvgIpc) is 3.14. The summed E-state index contributed by atoms with van der Waals surface area (Å²) in [5.41, 5.74) is 2.19. The van der Waals surface area contributed by atoms with Gasteiger partial charge in [-0.2, -0.15) is 0 Å². The lowest BCUT2D eigenvalue weighted by atomic mass is 10.2. The van der Waals surface area contributed by atoms with Crippen LogP contribution in [-0.4, -0.2) is 24.9 Å². The molecule has 0 aliphatic carbocycles. The normalized spacial score (nSPS) is 13.5. The van der Waals surface area contributed by atoms with Crippen LogP contribution in [0.5, 0.6) is 0 Å². The van der Waals surface area contributed by atoms with E-state index in [4.69, 9.17) is 23.2 Å². The fraction of sp³-hybridized carbons (Fsp3) is 0.263. The molecule has 3 rings (SSSR count). The second-order valence-electron chi connectivity index (χ2n) is 6.12. The van der Waals surface area contributed by atoms with Gasteiger partial charge in [-0.05, 0) is 49.2 Å². The van der Waals surface area contributed by atoms with E-state index in [0.717, 1.165) is 18.8 Å². The summed E-state index contributed by atoms with van der Waals surface area (Å²) < 4.78 is 0. The Morgan fingerprint density at radius 1 is 0.923 bits per heavy atom. The van der Waals surface area contributed by atoms with Gasteiger partial charge in [0.05, 0.1) is 15.7 Å². The lowest BCUT2D eigenvalue weighted by Crippen LogP contribution is -2.21. The molecule has 1 heterocycles. The van der Waals surface area contributed by atoms with Gasteiger partial charge in [-0.3, -0.25) is 9.59 Å². The Balaban J connectivity index is 1.53. The van der Waals surface area contributed by atoms with Crippen LogP contribution in [0.25, 0.3) is 0 Å². The Hall–Kier alpha value is -2.24. The maximum atomic E-state index is 12.1. The molecule has 0 spiro atoms. The number of halogens is 2. The summed E-state index contributed by atoms with van der Waals surface area (Å²) in [6, 6.07) is 12.6. The Bertz CT molecular complexity index is 803. The van der Waals surface area contributed by atoms with E-state index in [-0.39, 0.29) is 11.4 Å². The summed E-state index contributed by atoms with van der Waals surface area (Å²) in [6.07, 6.45) is 2.12. The van der Waals surface area contributed by atoms with E-state index in [2.05, 4.69) is 15.5 Å². The molecule has 1 saturated heterocycles. The Kier molecular flexibility index (Phi) is 6.01. The molecule has 0 saturated carbocycles. The molecule has 2 amide bonds. The van der Waals surface area contributed by atoms with Crippen molar-refractivity contribution in [2.24, 2.45) is 0 Å². The van der Waals surface area contributed by atoms with Crippen LogP contribution in [0.3, 0.4) is 0 Å². The second-order valence-corrected chi connectivity index (χ2v) is 6.90. The van der Waals surface area contributed by atoms with Crippen molar-refractivity contribution in [3.05, 3.63) is 52.5 Å². The summed E-state index contributed by atoms with van der Waals surface area (Å²) in [6.45, 7) is 2.13. The monoisotopic (exact) mass is 391 g/mol. The number of benzene rings is 2. The van der Waals surface area contributed by atoms with Crippen molar-refractivity contribution in [3.8, 4) is 0 Å². The van der Waals surface area contributed by atoms with Gasteiger partial charge in [0.1, 0.15) is 6.42 Å². The predicted molar refractivity (Wildman–Crippen MR) is 106 cm³/mol. The summed E-state index contributed by atoms with van der Waals surface area (Å²) in [4.78, 5) is 26.4. The first-order valence-corrected chi connectivity index (χ1v) is 9.17. The minimum Gasteiger partial charge on any atom is -0.372 e. The van der Waals surface area contributed by atoms with Gasteiger partial charge in [0.15, 0.2) is 0 Å². The van der Waals surface area contributed by atoms with E-state index >= 15 is 0 Å². The fourth-order valence-corrected chi connectivity index (χ4v) is 3.22. The highest BCUT2D eigenvalue weighted by molar-refractivity contribution is 6.44. The zero-order valence-electron chi connectivity index (χ0n) is 14.1. The molecule has 26 heavy (non-hydrogen) atoms. The van der Waals surface area contributed by atoms with E-state index in [1.165, 1.54) is 12.8 Å². The number of rotatable bonds is 5. The maximum absolute atomic E-state index is 12.1. The lowest BCUT2D eigenvalue weighted by Gasteiger charge is -2.17. The molecule has 1 aliphatic heterocycles. The van der Waals surface area contributed by atoms with Gasteiger partial charge in [-0.15, -0.1) is 0 Å². The van der Waals surface area contributed by atoms with E-state index in [1.807, 2.05) is 24.3 Å². The van der Waals surface area contributed by atoms with Crippen molar-refractivity contribution in [2.75, 3.05) is 28.6 Å². The number of nitrogens with zero attached hydrogens (tertiary/aromatic N) is 1. The molecular formula is C19H19Cl2N3O2. The number of nitrogens with one attached hydrogen (secondary N) is 2. The maximum Gasteiger partial charge on any atom is 0.233 e. The SMILES string of the molecule is O=C(CC(=O)Nc1cccc(Cl)c1Cl)Nc1ccc(N2CCCC2)cc1. The van der Waals surface area contributed by atoms with Crippen LogP contribution in [0.4, 0.5) is 17.1 Å². The first-order chi connectivity index (χ1) is 12.5. The van der Waals surface area contributed by atoms with Gasteiger partial charge in [0.2, 0.25) is 11.8 Å². The van der Waals surface area contributed by atoms with Gasteiger partial charge in [0.25, 0.3) is 0 Å². The van der Waals surface area contributed by atoms with Crippen molar-refractivity contribution in [1.29, 1.82) is 0 Å². The summed E-state index contributed by atoms with van der Waals surface area (Å²) >= 11 is 11.9. The smallest absolute Gasteiger partial charge is 0.233 e. The van der Waals surface area contributed by atoms with Crippen molar-refractivity contribution >= 4 is 52.1 Å². The molecule has 0 radical (unpaired) electrons. The van der Waals surface area contributed by atoms with Gasteiger partial charge in [-0.25, -0.2) is 0 Å². The van der Waals surface area contributed by atoms with Crippen LogP contribution >= 0.6 is 23.2 Å². The molecule has 5 nitrogen and oxygen atoms in total. The van der Waals surface area contributed by atoms with Crippen LogP contribution in [0, 0.1) is 0 Å². The first kappa shape index (κ1) is 18.5. The van der Waals surface area contributed by atoms with E-state index in [1.54, 1.807) is 18.2 Å². The van der Waals surface area contributed by atoms with Crippen LogP contribution < -0.4 is 15.5 Å². The highest BCUT2D eigenvalue weighted by Crippen LogP contribution is 2.29. The van der Waals surface area contributed by atoms with Gasteiger partial charge < -0.3 is 15.5 Å². The third-order valence-corrected chi connectivity index (χ3v) is 4.99. The summed E-state index contributed by atoms with van der Waals surface area (Å²) in [5.74, 6) is -0.852. The van der Waals surface area contributed by atoms with Crippen LogP contribution in [0.1, 0.15) is 19.3 Å². The number of hydrogen-bond acceptors (Lipinski definition) is 3. The Labute approximate surface area is 162 Å². The van der Waals surface area contributed by atoms with Crippen molar-refractivity contribution in [1.82, 2.24) is 0 Å². The van der Waals surface area contributed by atoms with E-state index in [0.29, 0.717) is 16.4 Å². The molecule has 136 valence electrons. The quantitative estimate of drug-likeness (QED) is 0.734. The molecule has 0 bridgehead atoms. The topological polar surface area (TPSA) is 61.4 Å². The molecule has 0 unspecified atom stereocenters. The van der Waals surface area contributed by atoms with Crippen LogP contribution in [0.2, 0.25) is 10.0 Å². The predicted octanol–water partition coefficient (Wildman–Crippen LogP) is 4.56. The summed E-state index contributed by atoms with van der Waals surface area (Å²) in [5, 5.41) is 5.91. The van der Waals surface area contributed by atoms with Crippen molar-refractivity contribution in [2.45, 2.75) is 19.3 Å². The number of carbonyl (C=O) groups is 2. The molecule has 2 aromatic carbocycles. The number of anilines is 3. The van der Waals surface area contributed by atoms with Crippen molar-refractivity contribution in [3.63, 3.8) is 0 Å². The second kappa shape index (κ2) is 8.43. The van der Waals surface area contributed by atoms with Gasteiger partial charge in [0, 0.05) is 24.5 Å². The minimum absolute atomic E-state index is 0.250. The van der Waals surface area contributed by atoms with E-state index in [9.17, 15) is 9.59 Å². The standard InChI is InChI=1S/C19H19Cl2N3O2/c20-15-4-3-5-16(19(15)21)23-18(26)12-17(25)22-13-6-8-14(9-7-13)24-10-1-2-11-24/h3-9H,1-2,10-12H2,(H,22,25)(H,23,26). The number of carbonyl (C=O) groups excluding carboxylic acids is 2. The lowest BCUT2D eigenvalue weighted by molar-refractivity contribution is -0.123. The van der Waals surface area contributed by atoms with Gasteiger partial charge >= 0.3 is 0 Å². The fourth-order valence-electron chi connectivity index (χ4n) is 2.88. The molecule has 0 atom stereocenters. The highest BCUT2D eigenvalue weighted by Gasteiger charge is 2.14. The van der Waals surface area contributed by atoms with Crippen molar-refractivity contribution < 1.29 is 9.59 Å².